The summed E-state index contributed by atoms with van der Waals surface area (Å²) < 4.78 is 0. The molecule has 1 aliphatic rings. The van der Waals surface area contributed by atoms with Gasteiger partial charge in [-0.1, -0.05) is 40.0 Å². The smallest absolute Gasteiger partial charge is 0.0246 e. The Morgan fingerprint density at radius 1 is 1.19 bits per heavy atom. The molecule has 0 bridgehead atoms. The minimum Gasteiger partial charge on any atom is -0.329 e. The molecule has 1 fully saturated rings. The molecule has 0 heterocycles. The average Bonchev–Trinajstić information content (AvgIpc) is 2.26. The largest absolute Gasteiger partial charge is 0.329 e. The van der Waals surface area contributed by atoms with Crippen LogP contribution in [0.1, 0.15) is 52.9 Å². The highest BCUT2D eigenvalue weighted by Gasteiger charge is 2.30. The molecule has 2 nitrogen and oxygen atoms in total. The third-order valence-corrected chi connectivity index (χ3v) is 4.46. The maximum Gasteiger partial charge on any atom is 0.0246 e. The van der Waals surface area contributed by atoms with Gasteiger partial charge in [0.25, 0.3) is 0 Å². The van der Waals surface area contributed by atoms with Crippen LogP contribution in [0.4, 0.5) is 0 Å². The number of hydrogen-bond acceptors (Lipinski definition) is 2. The summed E-state index contributed by atoms with van der Waals surface area (Å²) in [5.74, 6) is 1.74. The maximum atomic E-state index is 5.98. The molecule has 2 N–H and O–H groups in total. The Morgan fingerprint density at radius 2 is 1.81 bits per heavy atom. The van der Waals surface area contributed by atoms with Crippen molar-refractivity contribution < 1.29 is 0 Å². The highest BCUT2D eigenvalue weighted by atomic mass is 15.2. The van der Waals surface area contributed by atoms with E-state index >= 15 is 0 Å². The molecule has 0 amide bonds. The van der Waals surface area contributed by atoms with Crippen LogP contribution in [0.15, 0.2) is 0 Å². The van der Waals surface area contributed by atoms with E-state index in [0.717, 1.165) is 24.9 Å². The second-order valence-corrected chi connectivity index (χ2v) is 5.26. The van der Waals surface area contributed by atoms with Crippen molar-refractivity contribution in [1.82, 2.24) is 4.90 Å². The van der Waals surface area contributed by atoms with Gasteiger partial charge in [-0.15, -0.1) is 0 Å². The molecule has 1 rings (SSSR count). The molecular weight excluding hydrogens is 196 g/mol. The summed E-state index contributed by atoms with van der Waals surface area (Å²) in [6, 6.07) is 0.652. The van der Waals surface area contributed by atoms with Crippen LogP contribution < -0.4 is 5.73 Å². The Hall–Kier alpha value is -0.0800. The quantitative estimate of drug-likeness (QED) is 0.689. The zero-order valence-corrected chi connectivity index (χ0v) is 11.4. The van der Waals surface area contributed by atoms with Crippen molar-refractivity contribution >= 4 is 0 Å². The fourth-order valence-corrected chi connectivity index (χ4v) is 2.84. The monoisotopic (exact) mass is 226 g/mol. The van der Waals surface area contributed by atoms with Gasteiger partial charge in [-0.2, -0.15) is 0 Å². The summed E-state index contributed by atoms with van der Waals surface area (Å²) >= 11 is 0. The van der Waals surface area contributed by atoms with Crippen molar-refractivity contribution in [2.24, 2.45) is 17.6 Å². The van der Waals surface area contributed by atoms with Crippen LogP contribution in [0.3, 0.4) is 0 Å². The van der Waals surface area contributed by atoms with Crippen LogP contribution in [0.25, 0.3) is 0 Å². The Balaban J connectivity index is 2.48. The summed E-state index contributed by atoms with van der Waals surface area (Å²) in [7, 11) is 0. The SMILES string of the molecule is CCC(CC)CN(CC)C(CN)C1CCC1. The van der Waals surface area contributed by atoms with Crippen molar-refractivity contribution in [3.05, 3.63) is 0 Å². The van der Waals surface area contributed by atoms with Crippen LogP contribution in [0.5, 0.6) is 0 Å². The second-order valence-electron chi connectivity index (χ2n) is 5.26. The number of nitrogens with zero attached hydrogens (tertiary/aromatic N) is 1. The maximum absolute atomic E-state index is 5.98. The van der Waals surface area contributed by atoms with E-state index in [0.29, 0.717) is 6.04 Å². The molecule has 1 unspecified atom stereocenters. The molecule has 0 radical (unpaired) electrons. The van der Waals surface area contributed by atoms with Gasteiger partial charge in [0.1, 0.15) is 0 Å². The molecule has 0 aromatic carbocycles. The standard InChI is InChI=1S/C14H30N2/c1-4-12(5-2)11-16(6-3)14(10-15)13-8-7-9-13/h12-14H,4-11,15H2,1-3H3. The van der Waals surface area contributed by atoms with E-state index in [1.54, 1.807) is 0 Å². The Kier molecular flexibility index (Phi) is 6.37. The first kappa shape index (κ1) is 14.0. The Labute approximate surface area is 102 Å². The van der Waals surface area contributed by atoms with Crippen LogP contribution in [-0.4, -0.2) is 30.6 Å². The average molecular weight is 226 g/mol. The molecule has 96 valence electrons. The summed E-state index contributed by atoms with van der Waals surface area (Å²) in [5, 5.41) is 0. The molecular formula is C14H30N2. The first-order valence-corrected chi connectivity index (χ1v) is 7.20. The molecule has 1 atom stereocenters. The lowest BCUT2D eigenvalue weighted by Gasteiger charge is -2.41. The normalized spacial score (nSPS) is 19.1. The van der Waals surface area contributed by atoms with E-state index in [-0.39, 0.29) is 0 Å². The second kappa shape index (κ2) is 7.29. The number of likely N-dealkylation sites (N-methyl/N-ethyl adjacent to an activating group) is 1. The minimum absolute atomic E-state index is 0.652. The van der Waals surface area contributed by atoms with E-state index in [4.69, 9.17) is 5.73 Å². The number of nitrogens with two attached hydrogens (primary N) is 1. The highest BCUT2D eigenvalue weighted by molar-refractivity contribution is 4.85. The summed E-state index contributed by atoms with van der Waals surface area (Å²) in [4.78, 5) is 2.64. The zero-order chi connectivity index (χ0) is 12.0. The van der Waals surface area contributed by atoms with Gasteiger partial charge >= 0.3 is 0 Å². The zero-order valence-electron chi connectivity index (χ0n) is 11.4. The van der Waals surface area contributed by atoms with Crippen LogP contribution in [0, 0.1) is 11.8 Å². The third kappa shape index (κ3) is 3.46. The van der Waals surface area contributed by atoms with Crippen molar-refractivity contribution in [1.29, 1.82) is 0 Å². The van der Waals surface area contributed by atoms with E-state index < -0.39 is 0 Å². The third-order valence-electron chi connectivity index (χ3n) is 4.46. The Morgan fingerprint density at radius 3 is 2.12 bits per heavy atom. The summed E-state index contributed by atoms with van der Waals surface area (Å²) in [6.45, 7) is 10.2. The molecule has 0 aliphatic heterocycles. The van der Waals surface area contributed by atoms with Gasteiger partial charge in [0.15, 0.2) is 0 Å². The van der Waals surface area contributed by atoms with Gasteiger partial charge in [0.05, 0.1) is 0 Å². The molecule has 0 aromatic heterocycles. The minimum atomic E-state index is 0.652. The number of rotatable bonds is 8. The van der Waals surface area contributed by atoms with Crippen LogP contribution in [0.2, 0.25) is 0 Å². The lowest BCUT2D eigenvalue weighted by atomic mass is 9.78. The summed E-state index contributed by atoms with van der Waals surface area (Å²) in [5.41, 5.74) is 5.98. The summed E-state index contributed by atoms with van der Waals surface area (Å²) in [6.07, 6.45) is 6.83. The topological polar surface area (TPSA) is 29.3 Å². The predicted octanol–water partition coefficient (Wildman–Crippen LogP) is 2.87. The molecule has 0 aromatic rings. The first-order valence-electron chi connectivity index (χ1n) is 7.20. The van der Waals surface area contributed by atoms with Gasteiger partial charge < -0.3 is 5.73 Å². The lowest BCUT2D eigenvalue weighted by molar-refractivity contribution is 0.0886. The van der Waals surface area contributed by atoms with E-state index in [1.165, 1.54) is 38.6 Å². The van der Waals surface area contributed by atoms with Crippen molar-refractivity contribution in [3.63, 3.8) is 0 Å². The van der Waals surface area contributed by atoms with Gasteiger partial charge in [0.2, 0.25) is 0 Å². The Bertz CT molecular complexity index is 174. The fourth-order valence-electron chi connectivity index (χ4n) is 2.84. The van der Waals surface area contributed by atoms with Gasteiger partial charge in [0, 0.05) is 19.1 Å². The van der Waals surface area contributed by atoms with Gasteiger partial charge in [-0.3, -0.25) is 4.90 Å². The van der Waals surface area contributed by atoms with E-state index in [9.17, 15) is 0 Å². The molecule has 0 saturated heterocycles. The molecule has 2 heteroatoms. The highest BCUT2D eigenvalue weighted by Crippen LogP contribution is 2.32. The molecule has 0 spiro atoms. The molecule has 1 saturated carbocycles. The lowest BCUT2D eigenvalue weighted by Crippen LogP contribution is -2.49. The molecule has 1 aliphatic carbocycles. The van der Waals surface area contributed by atoms with Crippen molar-refractivity contribution in [3.8, 4) is 0 Å². The first-order chi connectivity index (χ1) is 7.76. The predicted molar refractivity (Wildman–Crippen MR) is 71.5 cm³/mol. The van der Waals surface area contributed by atoms with E-state index in [2.05, 4.69) is 25.7 Å². The molecule has 16 heavy (non-hydrogen) atoms. The van der Waals surface area contributed by atoms with Crippen LogP contribution >= 0.6 is 0 Å². The van der Waals surface area contributed by atoms with E-state index in [1.807, 2.05) is 0 Å². The number of hydrogen-bond donors (Lipinski definition) is 1. The van der Waals surface area contributed by atoms with Gasteiger partial charge in [-0.25, -0.2) is 0 Å². The van der Waals surface area contributed by atoms with Crippen molar-refractivity contribution in [2.45, 2.75) is 58.9 Å². The van der Waals surface area contributed by atoms with Crippen molar-refractivity contribution in [2.75, 3.05) is 19.6 Å². The fraction of sp³-hybridized carbons (Fsp3) is 1.00. The van der Waals surface area contributed by atoms with Gasteiger partial charge in [-0.05, 0) is 31.2 Å². The van der Waals surface area contributed by atoms with Crippen LogP contribution in [-0.2, 0) is 0 Å².